The Labute approximate surface area is 160 Å². The second-order valence-electron chi connectivity index (χ2n) is 7.34. The van der Waals surface area contributed by atoms with E-state index in [0.717, 1.165) is 36.0 Å². The van der Waals surface area contributed by atoms with Gasteiger partial charge in [0, 0.05) is 6.04 Å². The molecule has 1 aliphatic carbocycles. The molecule has 1 amide bonds. The molecule has 1 aliphatic rings. The van der Waals surface area contributed by atoms with Crippen molar-refractivity contribution in [3.63, 3.8) is 0 Å². The molecular weight excluding hydrogens is 338 g/mol. The minimum absolute atomic E-state index is 0.169. The van der Waals surface area contributed by atoms with Crippen LogP contribution in [0.5, 0.6) is 0 Å². The smallest absolute Gasteiger partial charge is 0.310 e. The van der Waals surface area contributed by atoms with Gasteiger partial charge in [0.1, 0.15) is 0 Å². The molecule has 0 aromatic heterocycles. The van der Waals surface area contributed by atoms with Gasteiger partial charge in [-0.25, -0.2) is 0 Å². The van der Waals surface area contributed by atoms with Crippen LogP contribution in [0.1, 0.15) is 38.2 Å². The van der Waals surface area contributed by atoms with Gasteiger partial charge in [0.05, 0.1) is 6.42 Å². The summed E-state index contributed by atoms with van der Waals surface area (Å²) in [6.45, 7) is 1.96. The van der Waals surface area contributed by atoms with E-state index in [1.54, 1.807) is 0 Å². The number of carbonyl (C=O) groups is 2. The van der Waals surface area contributed by atoms with Gasteiger partial charge >= 0.3 is 5.97 Å². The summed E-state index contributed by atoms with van der Waals surface area (Å²) in [5.74, 6) is -0.0997. The van der Waals surface area contributed by atoms with Crippen molar-refractivity contribution < 1.29 is 14.3 Å². The monoisotopic (exact) mass is 365 g/mol. The van der Waals surface area contributed by atoms with E-state index >= 15 is 0 Å². The molecule has 0 saturated heterocycles. The molecule has 1 N–H and O–H groups in total. The molecule has 27 heavy (non-hydrogen) atoms. The van der Waals surface area contributed by atoms with Gasteiger partial charge in [0.2, 0.25) is 0 Å². The molecule has 0 unspecified atom stereocenters. The molecule has 4 heteroatoms. The van der Waals surface area contributed by atoms with E-state index in [2.05, 4.69) is 24.4 Å². The van der Waals surface area contributed by atoms with Gasteiger partial charge < -0.3 is 10.1 Å². The molecule has 0 heterocycles. The van der Waals surface area contributed by atoms with Crippen LogP contribution < -0.4 is 5.32 Å². The maximum absolute atomic E-state index is 12.0. The van der Waals surface area contributed by atoms with Crippen molar-refractivity contribution in [3.8, 4) is 11.1 Å². The molecule has 0 aliphatic heterocycles. The lowest BCUT2D eigenvalue weighted by Crippen LogP contribution is -2.42. The summed E-state index contributed by atoms with van der Waals surface area (Å²) < 4.78 is 5.15. The summed E-state index contributed by atoms with van der Waals surface area (Å²) in [6, 6.07) is 18.1. The lowest BCUT2D eigenvalue weighted by molar-refractivity contribution is -0.148. The molecule has 0 bridgehead atoms. The topological polar surface area (TPSA) is 55.4 Å². The van der Waals surface area contributed by atoms with Crippen LogP contribution in [-0.2, 0) is 20.7 Å². The van der Waals surface area contributed by atoms with Gasteiger partial charge in [0.25, 0.3) is 5.91 Å². The number of benzene rings is 2. The fraction of sp³-hybridized carbons (Fsp3) is 0.391. The quantitative estimate of drug-likeness (QED) is 0.783. The average molecular weight is 365 g/mol. The van der Waals surface area contributed by atoms with Crippen LogP contribution in [0, 0.1) is 5.92 Å². The van der Waals surface area contributed by atoms with Gasteiger partial charge in [-0.15, -0.1) is 0 Å². The lowest BCUT2D eigenvalue weighted by atomic mass is 9.86. The summed E-state index contributed by atoms with van der Waals surface area (Å²) in [6.07, 6.45) is 4.69. The minimum Gasteiger partial charge on any atom is -0.455 e. The summed E-state index contributed by atoms with van der Waals surface area (Å²) in [5.41, 5.74) is 3.12. The van der Waals surface area contributed by atoms with Crippen LogP contribution in [0.3, 0.4) is 0 Å². The fourth-order valence-corrected chi connectivity index (χ4v) is 3.59. The predicted molar refractivity (Wildman–Crippen MR) is 106 cm³/mol. The number of nitrogens with one attached hydrogen (secondary N) is 1. The highest BCUT2D eigenvalue weighted by molar-refractivity contribution is 5.81. The third-order valence-corrected chi connectivity index (χ3v) is 5.23. The van der Waals surface area contributed by atoms with Gasteiger partial charge in [-0.2, -0.15) is 0 Å². The zero-order chi connectivity index (χ0) is 19.1. The Morgan fingerprint density at radius 1 is 0.963 bits per heavy atom. The zero-order valence-electron chi connectivity index (χ0n) is 15.8. The second-order valence-corrected chi connectivity index (χ2v) is 7.34. The fourth-order valence-electron chi connectivity index (χ4n) is 3.59. The van der Waals surface area contributed by atoms with Crippen LogP contribution >= 0.6 is 0 Å². The van der Waals surface area contributed by atoms with Gasteiger partial charge in [-0.3, -0.25) is 9.59 Å². The summed E-state index contributed by atoms with van der Waals surface area (Å²) in [5, 5.41) is 3.00. The molecule has 1 fully saturated rings. The lowest BCUT2D eigenvalue weighted by Gasteiger charge is -2.29. The molecule has 2 aromatic carbocycles. The molecule has 142 valence electrons. The number of hydrogen-bond donors (Lipinski definition) is 1. The van der Waals surface area contributed by atoms with Crippen LogP contribution in [-0.4, -0.2) is 24.5 Å². The molecule has 2 aromatic rings. The number of esters is 1. The third-order valence-electron chi connectivity index (χ3n) is 5.23. The third kappa shape index (κ3) is 5.68. The second kappa shape index (κ2) is 9.36. The SMILES string of the molecule is C[C@H]1CCCC[C@H]1NC(=O)COC(=O)Cc1ccc(-c2ccccc2)cc1. The maximum Gasteiger partial charge on any atom is 0.310 e. The number of hydrogen-bond acceptors (Lipinski definition) is 3. The number of rotatable bonds is 6. The molecule has 0 radical (unpaired) electrons. The largest absolute Gasteiger partial charge is 0.455 e. The Kier molecular flexibility index (Phi) is 6.64. The molecular formula is C23H27NO3. The van der Waals surface area contributed by atoms with Gasteiger partial charge in [0.15, 0.2) is 6.61 Å². The van der Waals surface area contributed by atoms with E-state index in [4.69, 9.17) is 4.74 Å². The summed E-state index contributed by atoms with van der Waals surface area (Å²) in [7, 11) is 0. The van der Waals surface area contributed by atoms with Crippen LogP contribution in [0.2, 0.25) is 0 Å². The molecule has 3 rings (SSSR count). The standard InChI is InChI=1S/C23H27NO3/c1-17-7-5-6-10-21(17)24-22(25)16-27-23(26)15-18-11-13-20(14-12-18)19-8-3-2-4-9-19/h2-4,8-9,11-14,17,21H,5-7,10,15-16H2,1H3,(H,24,25)/t17-,21+/m0/s1. The van der Waals surface area contributed by atoms with Crippen LogP contribution in [0.25, 0.3) is 11.1 Å². The molecule has 1 saturated carbocycles. The average Bonchev–Trinajstić information content (AvgIpc) is 2.69. The maximum atomic E-state index is 12.0. The van der Waals surface area contributed by atoms with Crippen molar-refractivity contribution in [1.82, 2.24) is 5.32 Å². The van der Waals surface area contributed by atoms with E-state index in [0.29, 0.717) is 5.92 Å². The van der Waals surface area contributed by atoms with Gasteiger partial charge in [-0.05, 0) is 35.4 Å². The molecule has 0 spiro atoms. The molecule has 2 atom stereocenters. The highest BCUT2D eigenvalue weighted by Crippen LogP contribution is 2.23. The highest BCUT2D eigenvalue weighted by atomic mass is 16.5. The Morgan fingerprint density at radius 3 is 2.33 bits per heavy atom. The predicted octanol–water partition coefficient (Wildman–Crippen LogP) is 4.13. The van der Waals surface area contributed by atoms with E-state index in [9.17, 15) is 9.59 Å². The van der Waals surface area contributed by atoms with E-state index in [1.807, 2.05) is 42.5 Å². The Bertz CT molecular complexity index is 755. The number of ether oxygens (including phenoxy) is 1. The van der Waals surface area contributed by atoms with Crippen molar-refractivity contribution in [2.24, 2.45) is 5.92 Å². The summed E-state index contributed by atoms with van der Waals surface area (Å²) in [4.78, 5) is 24.1. The van der Waals surface area contributed by atoms with Gasteiger partial charge in [-0.1, -0.05) is 74.4 Å². The number of carbonyl (C=O) groups excluding carboxylic acids is 2. The van der Waals surface area contributed by atoms with Crippen molar-refractivity contribution in [1.29, 1.82) is 0 Å². The first kappa shape index (κ1) is 19.2. The Balaban J connectivity index is 1.44. The summed E-state index contributed by atoms with van der Waals surface area (Å²) >= 11 is 0. The first-order chi connectivity index (χ1) is 13.1. The normalized spacial score (nSPS) is 19.3. The first-order valence-corrected chi connectivity index (χ1v) is 9.71. The van der Waals surface area contributed by atoms with Crippen LogP contribution in [0.15, 0.2) is 54.6 Å². The van der Waals surface area contributed by atoms with Crippen LogP contribution in [0.4, 0.5) is 0 Å². The Morgan fingerprint density at radius 2 is 1.63 bits per heavy atom. The number of amides is 1. The van der Waals surface area contributed by atoms with Crippen molar-refractivity contribution in [3.05, 3.63) is 60.2 Å². The first-order valence-electron chi connectivity index (χ1n) is 9.71. The zero-order valence-corrected chi connectivity index (χ0v) is 15.8. The van der Waals surface area contributed by atoms with Crippen molar-refractivity contribution in [2.75, 3.05) is 6.61 Å². The minimum atomic E-state index is -0.380. The highest BCUT2D eigenvalue weighted by Gasteiger charge is 2.23. The van der Waals surface area contributed by atoms with Crippen molar-refractivity contribution in [2.45, 2.75) is 45.1 Å². The Hall–Kier alpha value is -2.62. The van der Waals surface area contributed by atoms with E-state index < -0.39 is 0 Å². The van der Waals surface area contributed by atoms with E-state index in [1.165, 1.54) is 6.42 Å². The van der Waals surface area contributed by atoms with E-state index in [-0.39, 0.29) is 30.9 Å². The van der Waals surface area contributed by atoms with Crippen molar-refractivity contribution >= 4 is 11.9 Å². The molecule has 4 nitrogen and oxygen atoms in total.